The van der Waals surface area contributed by atoms with E-state index in [1.165, 1.54) is 17.2 Å². The van der Waals surface area contributed by atoms with Gasteiger partial charge in [0.15, 0.2) is 0 Å². The minimum absolute atomic E-state index is 0.0154. The number of phenolic OH excluding ortho intramolecular Hbond substituents is 1. The number of hydrogen-bond donors (Lipinski definition) is 2. The summed E-state index contributed by atoms with van der Waals surface area (Å²) in [7, 11) is 0. The van der Waals surface area contributed by atoms with Crippen LogP contribution in [0.5, 0.6) is 5.75 Å². The predicted molar refractivity (Wildman–Crippen MR) is 122 cm³/mol. The fourth-order valence-electron chi connectivity index (χ4n) is 4.29. The van der Waals surface area contributed by atoms with Crippen molar-refractivity contribution in [1.82, 2.24) is 4.90 Å². The van der Waals surface area contributed by atoms with Crippen molar-refractivity contribution in [3.63, 3.8) is 0 Å². The summed E-state index contributed by atoms with van der Waals surface area (Å²) >= 11 is 0. The summed E-state index contributed by atoms with van der Waals surface area (Å²) in [6.45, 7) is 4.93. The highest BCUT2D eigenvalue weighted by Gasteiger charge is 2.29. The number of aliphatic hydroxyl groups is 1. The Morgan fingerprint density at radius 1 is 1.00 bits per heavy atom. The van der Waals surface area contributed by atoms with Crippen molar-refractivity contribution in [3.8, 4) is 5.75 Å². The summed E-state index contributed by atoms with van der Waals surface area (Å²) in [6, 6.07) is 21.2. The first-order chi connectivity index (χ1) is 14.8. The SMILES string of the molecule is Cc1ccc(CCCC(C)(O)c2cc(C(=O)N3Cc4ccccc4C3)ccc2O)cc1. The van der Waals surface area contributed by atoms with Gasteiger partial charge in [-0.1, -0.05) is 54.1 Å². The van der Waals surface area contributed by atoms with Crippen LogP contribution in [-0.4, -0.2) is 21.0 Å². The molecule has 1 amide bonds. The van der Waals surface area contributed by atoms with Gasteiger partial charge in [-0.25, -0.2) is 0 Å². The minimum Gasteiger partial charge on any atom is -0.508 e. The topological polar surface area (TPSA) is 60.8 Å². The molecule has 1 aliphatic rings. The van der Waals surface area contributed by atoms with Crippen LogP contribution in [0.3, 0.4) is 0 Å². The molecule has 0 aromatic heterocycles. The number of amides is 1. The summed E-state index contributed by atoms with van der Waals surface area (Å²) < 4.78 is 0. The molecule has 3 aromatic rings. The van der Waals surface area contributed by atoms with Crippen LogP contribution in [-0.2, 0) is 25.1 Å². The van der Waals surface area contributed by atoms with Crippen molar-refractivity contribution >= 4 is 5.91 Å². The van der Waals surface area contributed by atoms with E-state index in [9.17, 15) is 15.0 Å². The van der Waals surface area contributed by atoms with E-state index >= 15 is 0 Å². The van der Waals surface area contributed by atoms with E-state index in [2.05, 4.69) is 31.2 Å². The van der Waals surface area contributed by atoms with Crippen LogP contribution < -0.4 is 0 Å². The summed E-state index contributed by atoms with van der Waals surface area (Å²) in [5.74, 6) is -0.0745. The molecule has 31 heavy (non-hydrogen) atoms. The maximum atomic E-state index is 13.1. The van der Waals surface area contributed by atoms with Crippen molar-refractivity contribution in [2.75, 3.05) is 0 Å². The van der Waals surface area contributed by atoms with Crippen molar-refractivity contribution in [2.45, 2.75) is 51.8 Å². The molecule has 0 saturated heterocycles. The first-order valence-electron chi connectivity index (χ1n) is 10.8. The average molecular weight is 416 g/mol. The minimum atomic E-state index is -1.22. The lowest BCUT2D eigenvalue weighted by Gasteiger charge is -2.26. The van der Waals surface area contributed by atoms with E-state index in [4.69, 9.17) is 0 Å². The lowest BCUT2D eigenvalue weighted by molar-refractivity contribution is 0.0432. The van der Waals surface area contributed by atoms with Crippen LogP contribution in [0.4, 0.5) is 0 Å². The second kappa shape index (κ2) is 8.56. The smallest absolute Gasteiger partial charge is 0.254 e. The Balaban J connectivity index is 1.46. The largest absolute Gasteiger partial charge is 0.508 e. The molecule has 1 heterocycles. The number of carbonyl (C=O) groups excluding carboxylic acids is 1. The molecule has 4 rings (SSSR count). The number of hydrogen-bond acceptors (Lipinski definition) is 3. The standard InChI is InChI=1S/C27H29NO3/c1-19-9-11-20(12-10-19)6-5-15-27(2,31)24-16-21(13-14-25(24)29)26(30)28-17-22-7-3-4-8-23(22)18-28/h3-4,7-14,16,29,31H,5-6,15,17-18H2,1-2H3. The molecule has 0 spiro atoms. The quantitative estimate of drug-likeness (QED) is 0.590. The zero-order valence-corrected chi connectivity index (χ0v) is 18.1. The second-order valence-corrected chi connectivity index (χ2v) is 8.77. The molecule has 2 N–H and O–H groups in total. The van der Waals surface area contributed by atoms with E-state index in [1.54, 1.807) is 24.0 Å². The number of rotatable bonds is 6. The Bertz CT molecular complexity index is 1060. The third-order valence-corrected chi connectivity index (χ3v) is 6.20. The number of phenols is 1. The Kier molecular flexibility index (Phi) is 5.84. The van der Waals surface area contributed by atoms with Gasteiger partial charge in [0.05, 0.1) is 5.60 Å². The number of aromatic hydroxyl groups is 1. The first kappa shape index (κ1) is 21.1. The highest BCUT2D eigenvalue weighted by molar-refractivity contribution is 5.95. The highest BCUT2D eigenvalue weighted by Crippen LogP contribution is 2.35. The fourth-order valence-corrected chi connectivity index (χ4v) is 4.29. The number of nitrogens with zero attached hydrogens (tertiary/aromatic N) is 1. The van der Waals surface area contributed by atoms with Gasteiger partial charge in [0.2, 0.25) is 0 Å². The van der Waals surface area contributed by atoms with Gasteiger partial charge in [-0.2, -0.15) is 0 Å². The molecule has 1 aliphatic heterocycles. The van der Waals surface area contributed by atoms with Gasteiger partial charge < -0.3 is 15.1 Å². The maximum Gasteiger partial charge on any atom is 0.254 e. The van der Waals surface area contributed by atoms with Gasteiger partial charge in [0.1, 0.15) is 5.75 Å². The van der Waals surface area contributed by atoms with Crippen LogP contribution in [0.15, 0.2) is 66.7 Å². The molecule has 160 valence electrons. The molecule has 0 bridgehead atoms. The Hall–Kier alpha value is -3.11. The third-order valence-electron chi connectivity index (χ3n) is 6.20. The molecule has 0 saturated carbocycles. The summed E-state index contributed by atoms with van der Waals surface area (Å²) in [5, 5.41) is 21.5. The van der Waals surface area contributed by atoms with Crippen LogP contribution in [0.2, 0.25) is 0 Å². The second-order valence-electron chi connectivity index (χ2n) is 8.77. The van der Waals surface area contributed by atoms with Gasteiger partial charge in [0.25, 0.3) is 5.91 Å². The van der Waals surface area contributed by atoms with Crippen molar-refractivity contribution < 1.29 is 15.0 Å². The lowest BCUT2D eigenvalue weighted by Crippen LogP contribution is -2.27. The molecule has 4 heteroatoms. The number of aryl methyl sites for hydroxylation is 2. The summed E-state index contributed by atoms with van der Waals surface area (Å²) in [5.41, 5.74) is 4.44. The molecule has 4 nitrogen and oxygen atoms in total. The van der Waals surface area contributed by atoms with E-state index in [1.807, 2.05) is 24.3 Å². The Labute approximate surface area is 183 Å². The molecule has 3 aromatic carbocycles. The van der Waals surface area contributed by atoms with Crippen LogP contribution in [0, 0.1) is 6.92 Å². The Morgan fingerprint density at radius 3 is 2.29 bits per heavy atom. The first-order valence-corrected chi connectivity index (χ1v) is 10.8. The van der Waals surface area contributed by atoms with Gasteiger partial charge in [-0.3, -0.25) is 4.79 Å². The van der Waals surface area contributed by atoms with E-state index in [-0.39, 0.29) is 11.7 Å². The number of carbonyl (C=O) groups is 1. The van der Waals surface area contributed by atoms with Gasteiger partial charge >= 0.3 is 0 Å². The molecule has 0 radical (unpaired) electrons. The fraction of sp³-hybridized carbons (Fsp3) is 0.296. The van der Waals surface area contributed by atoms with Crippen molar-refractivity contribution in [3.05, 3.63) is 100 Å². The monoisotopic (exact) mass is 415 g/mol. The third kappa shape index (κ3) is 4.64. The van der Waals surface area contributed by atoms with Crippen LogP contribution in [0.1, 0.15) is 57.9 Å². The Morgan fingerprint density at radius 2 is 1.65 bits per heavy atom. The molecule has 1 unspecified atom stereocenters. The molecular weight excluding hydrogens is 386 g/mol. The average Bonchev–Trinajstić information content (AvgIpc) is 3.19. The molecular formula is C27H29NO3. The normalized spacial score (nSPS) is 14.9. The lowest BCUT2D eigenvalue weighted by atomic mass is 9.88. The molecule has 0 fully saturated rings. The number of fused-ring (bicyclic) bond motifs is 1. The maximum absolute atomic E-state index is 13.1. The van der Waals surface area contributed by atoms with Crippen LogP contribution >= 0.6 is 0 Å². The zero-order valence-electron chi connectivity index (χ0n) is 18.1. The van der Waals surface area contributed by atoms with Crippen molar-refractivity contribution in [2.24, 2.45) is 0 Å². The zero-order chi connectivity index (χ0) is 22.0. The van der Waals surface area contributed by atoms with Crippen molar-refractivity contribution in [1.29, 1.82) is 0 Å². The molecule has 0 aliphatic carbocycles. The van der Waals surface area contributed by atoms with E-state index < -0.39 is 5.60 Å². The van der Waals surface area contributed by atoms with Gasteiger partial charge in [-0.05, 0) is 68.0 Å². The number of benzene rings is 3. The highest BCUT2D eigenvalue weighted by atomic mass is 16.3. The van der Waals surface area contributed by atoms with E-state index in [0.717, 1.165) is 24.0 Å². The van der Waals surface area contributed by atoms with Gasteiger partial charge in [-0.15, -0.1) is 0 Å². The summed E-state index contributed by atoms with van der Waals surface area (Å²) in [4.78, 5) is 14.9. The summed E-state index contributed by atoms with van der Waals surface area (Å²) in [6.07, 6.45) is 2.11. The predicted octanol–water partition coefficient (Wildman–Crippen LogP) is 5.09. The van der Waals surface area contributed by atoms with Crippen LogP contribution in [0.25, 0.3) is 0 Å². The molecule has 1 atom stereocenters. The van der Waals surface area contributed by atoms with E-state index in [0.29, 0.717) is 30.6 Å². The van der Waals surface area contributed by atoms with Gasteiger partial charge in [0, 0.05) is 24.2 Å².